The minimum Gasteiger partial charge on any atom is -0.324 e. The molecule has 0 aliphatic rings. The van der Waals surface area contributed by atoms with Gasteiger partial charge in [0, 0.05) is 17.8 Å². The van der Waals surface area contributed by atoms with Crippen LogP contribution in [-0.4, -0.2) is 23.9 Å². The standard InChI is InChI=1S/C18H21FN2O/c1-13-8-4-7-11-17(13)20-18(22)14(2)21(3)12-15-9-5-6-10-16(15)19/h4-11,14H,12H2,1-3H3,(H,20,22). The SMILES string of the molecule is Cc1ccccc1NC(=O)C(C)N(C)Cc1ccccc1F. The lowest BCUT2D eigenvalue weighted by molar-refractivity contribution is -0.120. The number of aryl methyl sites for hydroxylation is 1. The van der Waals surface area contributed by atoms with Gasteiger partial charge in [-0.2, -0.15) is 0 Å². The van der Waals surface area contributed by atoms with Crippen LogP contribution in [0.2, 0.25) is 0 Å². The zero-order valence-corrected chi connectivity index (χ0v) is 13.1. The summed E-state index contributed by atoms with van der Waals surface area (Å²) in [6, 6.07) is 13.9. The summed E-state index contributed by atoms with van der Waals surface area (Å²) in [6.45, 7) is 4.15. The van der Waals surface area contributed by atoms with Crippen LogP contribution in [0.1, 0.15) is 18.1 Å². The second-order valence-electron chi connectivity index (χ2n) is 5.49. The van der Waals surface area contributed by atoms with Crippen LogP contribution in [-0.2, 0) is 11.3 Å². The second kappa shape index (κ2) is 7.18. The van der Waals surface area contributed by atoms with Crippen LogP contribution in [0.4, 0.5) is 10.1 Å². The number of carbonyl (C=O) groups excluding carboxylic acids is 1. The maximum absolute atomic E-state index is 13.7. The molecule has 2 aromatic rings. The summed E-state index contributed by atoms with van der Waals surface area (Å²) in [7, 11) is 1.81. The average molecular weight is 300 g/mol. The number of carbonyl (C=O) groups is 1. The monoisotopic (exact) mass is 300 g/mol. The first-order valence-corrected chi connectivity index (χ1v) is 7.29. The van der Waals surface area contributed by atoms with Gasteiger partial charge in [-0.05, 0) is 38.6 Å². The molecule has 0 radical (unpaired) electrons. The van der Waals surface area contributed by atoms with Gasteiger partial charge in [0.15, 0.2) is 0 Å². The van der Waals surface area contributed by atoms with Gasteiger partial charge in [0.25, 0.3) is 0 Å². The predicted octanol–water partition coefficient (Wildman–Crippen LogP) is 3.59. The first-order chi connectivity index (χ1) is 10.5. The lowest BCUT2D eigenvalue weighted by Gasteiger charge is -2.24. The third-order valence-corrected chi connectivity index (χ3v) is 3.82. The summed E-state index contributed by atoms with van der Waals surface area (Å²) >= 11 is 0. The predicted molar refractivity (Wildman–Crippen MR) is 87.1 cm³/mol. The molecule has 1 amide bonds. The third kappa shape index (κ3) is 3.92. The van der Waals surface area contributed by atoms with E-state index in [0.29, 0.717) is 12.1 Å². The fourth-order valence-electron chi connectivity index (χ4n) is 2.18. The molecule has 2 aromatic carbocycles. The van der Waals surface area contributed by atoms with Crippen molar-refractivity contribution < 1.29 is 9.18 Å². The first kappa shape index (κ1) is 16.2. The molecule has 0 saturated carbocycles. The number of benzene rings is 2. The molecule has 0 fully saturated rings. The Balaban J connectivity index is 2.01. The second-order valence-corrected chi connectivity index (χ2v) is 5.49. The molecule has 4 heteroatoms. The van der Waals surface area contributed by atoms with Gasteiger partial charge >= 0.3 is 0 Å². The van der Waals surface area contributed by atoms with E-state index in [9.17, 15) is 9.18 Å². The highest BCUT2D eigenvalue weighted by Crippen LogP contribution is 2.15. The Morgan fingerprint density at radius 2 is 1.82 bits per heavy atom. The number of halogens is 1. The van der Waals surface area contributed by atoms with Crippen LogP contribution >= 0.6 is 0 Å². The van der Waals surface area contributed by atoms with E-state index in [4.69, 9.17) is 0 Å². The zero-order valence-electron chi connectivity index (χ0n) is 13.1. The lowest BCUT2D eigenvalue weighted by atomic mass is 10.1. The van der Waals surface area contributed by atoms with E-state index in [-0.39, 0.29) is 17.8 Å². The van der Waals surface area contributed by atoms with Crippen LogP contribution < -0.4 is 5.32 Å². The fourth-order valence-corrected chi connectivity index (χ4v) is 2.18. The minimum atomic E-state index is -0.362. The molecule has 0 heterocycles. The van der Waals surface area contributed by atoms with E-state index in [1.807, 2.05) is 50.1 Å². The number of hydrogen-bond acceptors (Lipinski definition) is 2. The Morgan fingerprint density at radius 3 is 2.50 bits per heavy atom. The molecule has 1 N–H and O–H groups in total. The van der Waals surface area contributed by atoms with E-state index in [1.165, 1.54) is 6.07 Å². The number of amides is 1. The van der Waals surface area contributed by atoms with Crippen molar-refractivity contribution in [1.82, 2.24) is 4.90 Å². The van der Waals surface area contributed by atoms with Gasteiger partial charge in [-0.25, -0.2) is 4.39 Å². The summed E-state index contributed by atoms with van der Waals surface area (Å²) in [4.78, 5) is 14.2. The van der Waals surface area contributed by atoms with Gasteiger partial charge in [0.05, 0.1) is 6.04 Å². The number of rotatable bonds is 5. The molecular formula is C18H21FN2O. The smallest absolute Gasteiger partial charge is 0.241 e. The summed E-state index contributed by atoms with van der Waals surface area (Å²) in [6.07, 6.45) is 0. The van der Waals surface area contributed by atoms with Crippen molar-refractivity contribution >= 4 is 11.6 Å². The van der Waals surface area contributed by atoms with Gasteiger partial charge in [0.1, 0.15) is 5.82 Å². The van der Waals surface area contributed by atoms with Crippen molar-refractivity contribution in [1.29, 1.82) is 0 Å². The maximum Gasteiger partial charge on any atom is 0.241 e. The number of anilines is 1. The molecule has 0 spiro atoms. The van der Waals surface area contributed by atoms with E-state index in [1.54, 1.807) is 18.2 Å². The molecular weight excluding hydrogens is 279 g/mol. The number of para-hydroxylation sites is 1. The van der Waals surface area contributed by atoms with Crippen LogP contribution in [0.5, 0.6) is 0 Å². The van der Waals surface area contributed by atoms with Crippen molar-refractivity contribution in [3.63, 3.8) is 0 Å². The Morgan fingerprint density at radius 1 is 1.18 bits per heavy atom. The van der Waals surface area contributed by atoms with Gasteiger partial charge in [-0.3, -0.25) is 9.69 Å². The lowest BCUT2D eigenvalue weighted by Crippen LogP contribution is -2.39. The molecule has 0 aromatic heterocycles. The fraction of sp³-hybridized carbons (Fsp3) is 0.278. The van der Waals surface area contributed by atoms with Crippen LogP contribution in [0.25, 0.3) is 0 Å². The van der Waals surface area contributed by atoms with Crippen molar-refractivity contribution in [3.8, 4) is 0 Å². The largest absolute Gasteiger partial charge is 0.324 e. The van der Waals surface area contributed by atoms with Crippen LogP contribution in [0.3, 0.4) is 0 Å². The van der Waals surface area contributed by atoms with Gasteiger partial charge in [-0.1, -0.05) is 36.4 Å². The van der Waals surface area contributed by atoms with Crippen molar-refractivity contribution in [2.75, 3.05) is 12.4 Å². The maximum atomic E-state index is 13.7. The summed E-state index contributed by atoms with van der Waals surface area (Å²) in [5.74, 6) is -0.353. The highest BCUT2D eigenvalue weighted by Gasteiger charge is 2.19. The Hall–Kier alpha value is -2.20. The highest BCUT2D eigenvalue weighted by atomic mass is 19.1. The summed E-state index contributed by atoms with van der Waals surface area (Å²) < 4.78 is 13.7. The molecule has 3 nitrogen and oxygen atoms in total. The molecule has 1 unspecified atom stereocenters. The Labute approximate surface area is 130 Å². The molecule has 0 aliphatic heterocycles. The molecule has 0 aliphatic carbocycles. The van der Waals surface area contributed by atoms with Crippen LogP contribution in [0, 0.1) is 12.7 Å². The van der Waals surface area contributed by atoms with Crippen molar-refractivity contribution in [2.24, 2.45) is 0 Å². The van der Waals surface area contributed by atoms with Gasteiger partial charge in [-0.15, -0.1) is 0 Å². The molecule has 22 heavy (non-hydrogen) atoms. The highest BCUT2D eigenvalue weighted by molar-refractivity contribution is 5.95. The van der Waals surface area contributed by atoms with Crippen molar-refractivity contribution in [2.45, 2.75) is 26.4 Å². The third-order valence-electron chi connectivity index (χ3n) is 3.82. The Bertz CT molecular complexity index is 657. The topological polar surface area (TPSA) is 32.3 Å². The molecule has 2 rings (SSSR count). The number of likely N-dealkylation sites (N-methyl/N-ethyl adjacent to an activating group) is 1. The quantitative estimate of drug-likeness (QED) is 0.915. The van der Waals surface area contributed by atoms with Gasteiger partial charge < -0.3 is 5.32 Å². The number of nitrogens with zero attached hydrogens (tertiary/aromatic N) is 1. The van der Waals surface area contributed by atoms with Gasteiger partial charge in [0.2, 0.25) is 5.91 Å². The number of hydrogen-bond donors (Lipinski definition) is 1. The van der Waals surface area contributed by atoms with E-state index >= 15 is 0 Å². The Kier molecular flexibility index (Phi) is 5.28. The van der Waals surface area contributed by atoms with Crippen molar-refractivity contribution in [3.05, 3.63) is 65.5 Å². The molecule has 0 saturated heterocycles. The average Bonchev–Trinajstić information content (AvgIpc) is 2.51. The van der Waals surface area contributed by atoms with E-state index < -0.39 is 0 Å². The zero-order chi connectivity index (χ0) is 16.1. The normalized spacial score (nSPS) is 12.2. The minimum absolute atomic E-state index is 0.104. The number of nitrogens with one attached hydrogen (secondary N) is 1. The molecule has 0 bridgehead atoms. The van der Waals surface area contributed by atoms with E-state index in [0.717, 1.165) is 11.3 Å². The molecule has 1 atom stereocenters. The first-order valence-electron chi connectivity index (χ1n) is 7.29. The summed E-state index contributed by atoms with van der Waals surface area (Å²) in [5.41, 5.74) is 2.40. The summed E-state index contributed by atoms with van der Waals surface area (Å²) in [5, 5.41) is 2.92. The molecule has 116 valence electrons. The van der Waals surface area contributed by atoms with E-state index in [2.05, 4.69) is 5.32 Å². The van der Waals surface area contributed by atoms with Crippen LogP contribution in [0.15, 0.2) is 48.5 Å².